The van der Waals surface area contributed by atoms with E-state index in [2.05, 4.69) is 22.8 Å². The maximum atomic E-state index is 10.8. The van der Waals surface area contributed by atoms with E-state index < -0.39 is 0 Å². The number of fused-ring (bicyclic) bond motifs is 1. The van der Waals surface area contributed by atoms with Crippen molar-refractivity contribution in [3.8, 4) is 5.97 Å². The van der Waals surface area contributed by atoms with Gasteiger partial charge in [0.05, 0.1) is 4.88 Å². The summed E-state index contributed by atoms with van der Waals surface area (Å²) in [5.41, 5.74) is 0. The molecule has 1 atom stereocenters. The molecule has 3 rings (SSSR count). The minimum Gasteiger partial charge on any atom is -0.357 e. The van der Waals surface area contributed by atoms with Gasteiger partial charge < -0.3 is 4.90 Å². The Hall–Kier alpha value is -1.87. The third-order valence-corrected chi connectivity index (χ3v) is 5.20. The van der Waals surface area contributed by atoms with Crippen molar-refractivity contribution in [1.82, 2.24) is 4.98 Å². The first-order valence-electron chi connectivity index (χ1n) is 7.25. The Morgan fingerprint density at radius 3 is 3.19 bits per heavy atom. The fourth-order valence-electron chi connectivity index (χ4n) is 3.02. The van der Waals surface area contributed by atoms with Crippen molar-refractivity contribution in [3.63, 3.8) is 0 Å². The zero-order chi connectivity index (χ0) is 14.8. The van der Waals surface area contributed by atoms with Gasteiger partial charge in [0, 0.05) is 24.4 Å². The molecule has 3 heterocycles. The molecule has 1 saturated heterocycles. The Bertz CT molecular complexity index is 708. The lowest BCUT2D eigenvalue weighted by Crippen LogP contribution is -2.24. The standard InChI is InChI=1S/C15H16BN3OS/c1-2-16(10-17)12-5-6-19(8-12)14-4-3-11-7-13(9-20)21-15(11)18-14/h3-4,7,9,12H,2,5-6,8H2,1H3. The number of hydrogen-bond donors (Lipinski definition) is 0. The van der Waals surface area contributed by atoms with Crippen LogP contribution in [0.5, 0.6) is 0 Å². The maximum Gasteiger partial charge on any atom is 0.272 e. The van der Waals surface area contributed by atoms with E-state index in [4.69, 9.17) is 0 Å². The number of carbonyl (C=O) groups excluding carboxylic acids is 1. The highest BCUT2D eigenvalue weighted by atomic mass is 32.1. The fourth-order valence-corrected chi connectivity index (χ4v) is 3.86. The molecule has 0 aromatic carbocycles. The van der Waals surface area contributed by atoms with Gasteiger partial charge in [0.1, 0.15) is 10.6 Å². The van der Waals surface area contributed by atoms with Gasteiger partial charge >= 0.3 is 0 Å². The SMILES string of the molecule is CCB(C#N)C1CCN(c2ccc3cc(C=O)sc3n2)C1. The van der Waals surface area contributed by atoms with Crippen LogP contribution in [-0.2, 0) is 0 Å². The number of pyridine rings is 1. The van der Waals surface area contributed by atoms with Crippen molar-refractivity contribution in [2.24, 2.45) is 0 Å². The summed E-state index contributed by atoms with van der Waals surface area (Å²) in [6, 6.07) is 5.91. The molecule has 0 radical (unpaired) electrons. The van der Waals surface area contributed by atoms with Crippen molar-refractivity contribution in [1.29, 1.82) is 5.26 Å². The lowest BCUT2D eigenvalue weighted by molar-refractivity contribution is 0.112. The molecule has 1 aliphatic heterocycles. The molecule has 0 N–H and O–H groups in total. The van der Waals surface area contributed by atoms with Crippen LogP contribution in [0.3, 0.4) is 0 Å². The summed E-state index contributed by atoms with van der Waals surface area (Å²) < 4.78 is 0. The average Bonchev–Trinajstić information content (AvgIpc) is 3.14. The Labute approximate surface area is 128 Å². The van der Waals surface area contributed by atoms with Crippen LogP contribution in [-0.4, -0.2) is 31.1 Å². The highest BCUT2D eigenvalue weighted by molar-refractivity contribution is 7.20. The molecule has 0 aliphatic carbocycles. The first-order chi connectivity index (χ1) is 10.2. The Balaban J connectivity index is 1.81. The molecule has 2 aromatic rings. The third kappa shape index (κ3) is 2.66. The molecule has 6 heteroatoms. The van der Waals surface area contributed by atoms with Crippen molar-refractivity contribution < 1.29 is 4.79 Å². The average molecular weight is 297 g/mol. The number of aldehydes is 1. The molecule has 4 nitrogen and oxygen atoms in total. The van der Waals surface area contributed by atoms with E-state index >= 15 is 0 Å². The summed E-state index contributed by atoms with van der Waals surface area (Å²) in [5, 5.41) is 10.2. The van der Waals surface area contributed by atoms with E-state index in [1.165, 1.54) is 11.3 Å². The number of anilines is 1. The zero-order valence-corrected chi connectivity index (χ0v) is 12.8. The lowest BCUT2D eigenvalue weighted by atomic mass is 9.40. The van der Waals surface area contributed by atoms with Crippen LogP contribution in [0.2, 0.25) is 12.1 Å². The zero-order valence-electron chi connectivity index (χ0n) is 12.0. The normalized spacial score (nSPS) is 17.9. The topological polar surface area (TPSA) is 57.0 Å². The van der Waals surface area contributed by atoms with Crippen LogP contribution < -0.4 is 4.90 Å². The number of thiophene rings is 1. The summed E-state index contributed by atoms with van der Waals surface area (Å²) in [4.78, 5) is 19.4. The first-order valence-corrected chi connectivity index (χ1v) is 8.07. The number of carbonyl (C=O) groups is 1. The number of aromatic nitrogens is 1. The maximum absolute atomic E-state index is 10.8. The summed E-state index contributed by atoms with van der Waals surface area (Å²) in [6.07, 6.45) is 2.83. The molecular weight excluding hydrogens is 281 g/mol. The van der Waals surface area contributed by atoms with Crippen LogP contribution in [0.1, 0.15) is 23.0 Å². The van der Waals surface area contributed by atoms with Crippen molar-refractivity contribution >= 4 is 40.4 Å². The Morgan fingerprint density at radius 1 is 1.62 bits per heavy atom. The van der Waals surface area contributed by atoms with Gasteiger partial charge in [-0.1, -0.05) is 13.2 Å². The van der Waals surface area contributed by atoms with Crippen molar-refractivity contribution in [3.05, 3.63) is 23.1 Å². The van der Waals surface area contributed by atoms with Crippen LogP contribution in [0.15, 0.2) is 18.2 Å². The molecule has 0 spiro atoms. The van der Waals surface area contributed by atoms with Gasteiger partial charge in [-0.3, -0.25) is 4.79 Å². The number of nitriles is 1. The fraction of sp³-hybridized carbons (Fsp3) is 0.400. The van der Waals surface area contributed by atoms with Crippen LogP contribution in [0, 0.1) is 11.2 Å². The molecule has 2 aromatic heterocycles. The van der Waals surface area contributed by atoms with E-state index in [-0.39, 0.29) is 6.71 Å². The van der Waals surface area contributed by atoms with Gasteiger partial charge in [-0.05, 0) is 30.4 Å². The molecule has 0 amide bonds. The van der Waals surface area contributed by atoms with E-state index in [1.54, 1.807) is 0 Å². The van der Waals surface area contributed by atoms with Crippen LogP contribution in [0.4, 0.5) is 5.82 Å². The second-order valence-corrected chi connectivity index (χ2v) is 6.53. The van der Waals surface area contributed by atoms with E-state index in [0.29, 0.717) is 10.7 Å². The van der Waals surface area contributed by atoms with Gasteiger partial charge in [0.25, 0.3) is 6.71 Å². The van der Waals surface area contributed by atoms with Gasteiger partial charge in [-0.25, -0.2) is 10.2 Å². The predicted octanol–water partition coefficient (Wildman–Crippen LogP) is 3.27. The molecule has 1 unspecified atom stereocenters. The van der Waals surface area contributed by atoms with E-state index in [0.717, 1.165) is 48.2 Å². The highest BCUT2D eigenvalue weighted by Gasteiger charge is 2.32. The Kier molecular flexibility index (Phi) is 3.93. The Morgan fingerprint density at radius 2 is 2.48 bits per heavy atom. The number of rotatable bonds is 4. The third-order valence-electron chi connectivity index (χ3n) is 4.23. The summed E-state index contributed by atoms with van der Waals surface area (Å²) in [7, 11) is 0. The quantitative estimate of drug-likeness (QED) is 0.642. The van der Waals surface area contributed by atoms with Gasteiger partial charge in [0.15, 0.2) is 6.29 Å². The molecule has 0 bridgehead atoms. The van der Waals surface area contributed by atoms with Gasteiger partial charge in [-0.2, -0.15) is 0 Å². The number of nitrogens with zero attached hydrogens (tertiary/aromatic N) is 3. The lowest BCUT2D eigenvalue weighted by Gasteiger charge is -2.18. The van der Waals surface area contributed by atoms with Crippen LogP contribution in [0.25, 0.3) is 10.2 Å². The van der Waals surface area contributed by atoms with Gasteiger partial charge in [-0.15, -0.1) is 11.3 Å². The van der Waals surface area contributed by atoms with Crippen molar-refractivity contribution in [2.75, 3.05) is 18.0 Å². The van der Waals surface area contributed by atoms with Crippen LogP contribution >= 0.6 is 11.3 Å². The summed E-state index contributed by atoms with van der Waals surface area (Å²) in [5.74, 6) is 3.81. The second-order valence-electron chi connectivity index (χ2n) is 5.47. The van der Waals surface area contributed by atoms with Crippen molar-refractivity contribution in [2.45, 2.75) is 25.5 Å². The van der Waals surface area contributed by atoms with E-state index in [1.807, 2.05) is 18.2 Å². The molecule has 1 fully saturated rings. The predicted molar refractivity (Wildman–Crippen MR) is 87.4 cm³/mol. The molecular formula is C15H16BN3OS. The molecule has 0 saturated carbocycles. The monoisotopic (exact) mass is 297 g/mol. The summed E-state index contributed by atoms with van der Waals surface area (Å²) >= 11 is 1.43. The minimum atomic E-state index is 0.141. The van der Waals surface area contributed by atoms with Gasteiger partial charge in [0.2, 0.25) is 0 Å². The summed E-state index contributed by atoms with van der Waals surface area (Å²) in [6.45, 7) is 4.07. The molecule has 21 heavy (non-hydrogen) atoms. The largest absolute Gasteiger partial charge is 0.357 e. The second kappa shape index (κ2) is 5.86. The first kappa shape index (κ1) is 14.1. The highest BCUT2D eigenvalue weighted by Crippen LogP contribution is 2.31. The molecule has 106 valence electrons. The smallest absolute Gasteiger partial charge is 0.272 e. The van der Waals surface area contributed by atoms with E-state index in [9.17, 15) is 10.1 Å². The minimum absolute atomic E-state index is 0.141. The number of hydrogen-bond acceptors (Lipinski definition) is 5. The molecule has 1 aliphatic rings.